The Labute approximate surface area is 83.6 Å². The van der Waals surface area contributed by atoms with Gasteiger partial charge < -0.3 is 13.8 Å². The highest BCUT2D eigenvalue weighted by Gasteiger charge is 2.23. The molecule has 0 fully saturated rings. The summed E-state index contributed by atoms with van der Waals surface area (Å²) in [5, 5.41) is 0. The van der Waals surface area contributed by atoms with Crippen molar-refractivity contribution in [1.82, 2.24) is 0 Å². The highest BCUT2D eigenvalue weighted by Crippen LogP contribution is 2.60. The van der Waals surface area contributed by atoms with Crippen LogP contribution in [0.15, 0.2) is 0 Å². The third-order valence-electron chi connectivity index (χ3n) is 1.11. The maximum Gasteiger partial charge on any atom is 0.389 e. The lowest BCUT2D eigenvalue weighted by molar-refractivity contribution is 0.217. The zero-order chi connectivity index (χ0) is 10.2. The molecule has 13 heavy (non-hydrogen) atoms. The Morgan fingerprint density at radius 1 is 1.23 bits per heavy atom. The van der Waals surface area contributed by atoms with E-state index in [2.05, 4.69) is 0 Å². The van der Waals surface area contributed by atoms with Gasteiger partial charge in [0.05, 0.1) is 19.8 Å². The van der Waals surface area contributed by atoms with Crippen LogP contribution in [0.1, 0.15) is 13.8 Å². The smallest absolute Gasteiger partial charge is 0.384 e. The number of methoxy groups -OCH3 is 1. The maximum absolute atomic E-state index is 11.8. The second-order valence-corrected chi connectivity index (χ2v) is 6.30. The third-order valence-corrected chi connectivity index (χ3v) is 5.05. The Morgan fingerprint density at radius 2 is 1.77 bits per heavy atom. The number of rotatable bonds is 8. The first-order valence-corrected chi connectivity index (χ1v) is 7.34. The lowest BCUT2D eigenvalue weighted by Crippen LogP contribution is -1.96. The Hall–Kier alpha value is 0.460. The van der Waals surface area contributed by atoms with Gasteiger partial charge in [0.25, 0.3) is 0 Å². The number of hydrogen-bond acceptors (Lipinski definition) is 5. The molecule has 0 bridgehead atoms. The highest BCUT2D eigenvalue weighted by molar-refractivity contribution is 8.55. The summed E-state index contributed by atoms with van der Waals surface area (Å²) in [5.74, 6) is 0.619. The molecule has 0 aliphatic carbocycles. The van der Waals surface area contributed by atoms with E-state index in [0.29, 0.717) is 25.6 Å². The van der Waals surface area contributed by atoms with Crippen LogP contribution in [-0.4, -0.2) is 32.7 Å². The van der Waals surface area contributed by atoms with Crippen molar-refractivity contribution in [1.29, 1.82) is 0 Å². The van der Waals surface area contributed by atoms with Crippen molar-refractivity contribution >= 4 is 18.2 Å². The van der Waals surface area contributed by atoms with Crippen molar-refractivity contribution in [2.24, 2.45) is 0 Å². The zero-order valence-corrected chi connectivity index (χ0v) is 10.0. The number of hydrogen-bond donors (Lipinski definition) is 0. The molecular formula is C7H17O4PS. The molecule has 0 saturated carbocycles. The minimum Gasteiger partial charge on any atom is -0.384 e. The second kappa shape index (κ2) is 7.83. The molecule has 0 amide bonds. The molecule has 0 aliphatic rings. The monoisotopic (exact) mass is 228 g/mol. The molecule has 0 aliphatic heterocycles. The van der Waals surface area contributed by atoms with Gasteiger partial charge in [0, 0.05) is 12.9 Å². The maximum atomic E-state index is 11.8. The molecule has 0 heterocycles. The molecule has 0 atom stereocenters. The first-order valence-electron chi connectivity index (χ1n) is 4.21. The van der Waals surface area contributed by atoms with E-state index in [1.54, 1.807) is 21.0 Å². The van der Waals surface area contributed by atoms with E-state index < -0.39 is 6.80 Å². The van der Waals surface area contributed by atoms with E-state index in [9.17, 15) is 4.57 Å². The van der Waals surface area contributed by atoms with Crippen LogP contribution in [0.2, 0.25) is 0 Å². The van der Waals surface area contributed by atoms with E-state index >= 15 is 0 Å². The molecule has 0 saturated heterocycles. The average Bonchev–Trinajstić information content (AvgIpc) is 2.05. The van der Waals surface area contributed by atoms with Gasteiger partial charge in [0.1, 0.15) is 0 Å². The van der Waals surface area contributed by atoms with Crippen molar-refractivity contribution in [2.45, 2.75) is 13.8 Å². The molecule has 4 nitrogen and oxygen atoms in total. The lowest BCUT2D eigenvalue weighted by Gasteiger charge is -2.15. The van der Waals surface area contributed by atoms with Crippen molar-refractivity contribution in [3.05, 3.63) is 0 Å². The van der Waals surface area contributed by atoms with Crippen LogP contribution in [-0.2, 0) is 18.3 Å². The van der Waals surface area contributed by atoms with Crippen molar-refractivity contribution in [3.63, 3.8) is 0 Å². The van der Waals surface area contributed by atoms with Gasteiger partial charge in [-0.1, -0.05) is 0 Å². The SMILES string of the molecule is CCOP(=O)(OCC)SCCOC. The van der Waals surface area contributed by atoms with E-state index in [1.165, 1.54) is 11.4 Å². The van der Waals surface area contributed by atoms with Gasteiger partial charge in [-0.15, -0.1) is 0 Å². The topological polar surface area (TPSA) is 44.8 Å². The van der Waals surface area contributed by atoms with Gasteiger partial charge >= 0.3 is 6.80 Å². The van der Waals surface area contributed by atoms with Crippen LogP contribution < -0.4 is 0 Å². The zero-order valence-electron chi connectivity index (χ0n) is 8.32. The van der Waals surface area contributed by atoms with E-state index in [-0.39, 0.29) is 0 Å². The van der Waals surface area contributed by atoms with Crippen LogP contribution >= 0.6 is 18.2 Å². The fourth-order valence-electron chi connectivity index (χ4n) is 0.660. The first-order chi connectivity index (χ1) is 6.18. The predicted molar refractivity (Wildman–Crippen MR) is 55.2 cm³/mol. The first kappa shape index (κ1) is 13.5. The minimum absolute atomic E-state index is 0.400. The van der Waals surface area contributed by atoms with Crippen molar-refractivity contribution in [3.8, 4) is 0 Å². The predicted octanol–water partition coefficient (Wildman–Crippen LogP) is 2.55. The minimum atomic E-state index is -2.91. The Balaban J connectivity index is 3.85. The highest BCUT2D eigenvalue weighted by atomic mass is 32.7. The normalized spacial score (nSPS) is 11.9. The van der Waals surface area contributed by atoms with Gasteiger partial charge in [-0.25, -0.2) is 4.57 Å². The van der Waals surface area contributed by atoms with E-state index in [0.717, 1.165) is 0 Å². The van der Waals surface area contributed by atoms with Crippen LogP contribution in [0.5, 0.6) is 0 Å². The molecule has 0 spiro atoms. The Kier molecular flexibility index (Phi) is 8.10. The molecular weight excluding hydrogens is 211 g/mol. The average molecular weight is 228 g/mol. The van der Waals surface area contributed by atoms with Gasteiger partial charge in [0.2, 0.25) is 0 Å². The van der Waals surface area contributed by atoms with Gasteiger partial charge in [0.15, 0.2) is 0 Å². The van der Waals surface area contributed by atoms with Crippen molar-refractivity contribution in [2.75, 3.05) is 32.7 Å². The molecule has 0 rings (SSSR count). The van der Waals surface area contributed by atoms with Crippen LogP contribution in [0.4, 0.5) is 0 Å². The molecule has 80 valence electrons. The summed E-state index contributed by atoms with van der Waals surface area (Å²) < 4.78 is 26.7. The summed E-state index contributed by atoms with van der Waals surface area (Å²) in [6.45, 7) is 2.03. The summed E-state index contributed by atoms with van der Waals surface area (Å²) in [4.78, 5) is 0. The fraction of sp³-hybridized carbons (Fsp3) is 1.00. The molecule has 0 aromatic carbocycles. The summed E-state index contributed by atoms with van der Waals surface area (Å²) >= 11 is 1.18. The Bertz CT molecular complexity index is 155. The molecule has 0 N–H and O–H groups in total. The third kappa shape index (κ3) is 6.52. The standard InChI is InChI=1S/C7H17O4PS/c1-4-10-12(8,11-5-2)13-7-6-9-3/h4-7H2,1-3H3. The quantitative estimate of drug-likeness (QED) is 0.472. The van der Waals surface area contributed by atoms with Gasteiger partial charge in [-0.3, -0.25) is 0 Å². The fourth-order valence-corrected chi connectivity index (χ4v) is 3.96. The lowest BCUT2D eigenvalue weighted by atomic mass is 10.9. The summed E-state index contributed by atoms with van der Waals surface area (Å²) in [7, 11) is 1.60. The van der Waals surface area contributed by atoms with Gasteiger partial charge in [-0.2, -0.15) is 0 Å². The molecule has 0 radical (unpaired) electrons. The molecule has 6 heteroatoms. The summed E-state index contributed by atoms with van der Waals surface area (Å²) in [6.07, 6.45) is 0. The number of ether oxygens (including phenoxy) is 1. The Morgan fingerprint density at radius 3 is 2.15 bits per heavy atom. The van der Waals surface area contributed by atoms with Crippen LogP contribution in [0.3, 0.4) is 0 Å². The van der Waals surface area contributed by atoms with Gasteiger partial charge in [-0.05, 0) is 25.2 Å². The largest absolute Gasteiger partial charge is 0.389 e. The second-order valence-electron chi connectivity index (χ2n) is 2.11. The van der Waals surface area contributed by atoms with E-state index in [1.807, 2.05) is 0 Å². The van der Waals surface area contributed by atoms with Crippen LogP contribution in [0, 0.1) is 0 Å². The van der Waals surface area contributed by atoms with E-state index in [4.69, 9.17) is 13.8 Å². The molecule has 0 unspecified atom stereocenters. The summed E-state index contributed by atoms with van der Waals surface area (Å²) in [5.41, 5.74) is 0. The molecule has 0 aromatic heterocycles. The molecule has 0 aromatic rings. The van der Waals surface area contributed by atoms with Crippen molar-refractivity contribution < 1.29 is 18.3 Å². The van der Waals surface area contributed by atoms with Crippen LogP contribution in [0.25, 0.3) is 0 Å². The summed E-state index contributed by atoms with van der Waals surface area (Å²) in [6, 6.07) is 0.